The van der Waals surface area contributed by atoms with Gasteiger partial charge in [0.1, 0.15) is 12.4 Å². The molecule has 0 amide bonds. The smallest absolute Gasteiger partial charge is 0.416 e. The highest BCUT2D eigenvalue weighted by Gasteiger charge is 2.51. The maximum absolute atomic E-state index is 11.9. The van der Waals surface area contributed by atoms with Crippen LogP contribution in [0.15, 0.2) is 82.3 Å². The molecule has 1 unspecified atom stereocenters. The Kier molecular flexibility index (Phi) is 7.37. The minimum Gasteiger partial charge on any atom is -0.416 e. The van der Waals surface area contributed by atoms with Crippen LogP contribution in [0.5, 0.6) is 0 Å². The molecule has 0 radical (unpaired) electrons. The molecule has 4 nitrogen and oxygen atoms in total. The average Bonchev–Trinajstić information content (AvgIpc) is 3.18. The predicted molar refractivity (Wildman–Crippen MR) is 128 cm³/mol. The molecule has 0 N–H and O–H groups in total. The summed E-state index contributed by atoms with van der Waals surface area (Å²) in [6, 6.07) is 21.1. The molecule has 3 rings (SSSR count). The zero-order chi connectivity index (χ0) is 22.3. The summed E-state index contributed by atoms with van der Waals surface area (Å²) in [5, 5.41) is 2.31. The van der Waals surface area contributed by atoms with E-state index < -0.39 is 8.32 Å². The monoisotopic (exact) mass is 433 g/mol. The molecule has 5 heteroatoms. The second kappa shape index (κ2) is 10.00. The lowest BCUT2D eigenvalue weighted by Crippen LogP contribution is -2.67. The number of oxazole rings is 1. The van der Waals surface area contributed by atoms with Crippen LogP contribution in [0, 0.1) is 11.8 Å². The molecule has 0 saturated carbocycles. The van der Waals surface area contributed by atoms with Crippen LogP contribution in [-0.4, -0.2) is 19.0 Å². The number of aryl methyl sites for hydroxylation is 1. The first-order valence-electron chi connectivity index (χ1n) is 10.8. The van der Waals surface area contributed by atoms with E-state index in [-0.39, 0.29) is 16.9 Å². The van der Waals surface area contributed by atoms with Crippen molar-refractivity contribution in [2.75, 3.05) is 0 Å². The van der Waals surface area contributed by atoms with Gasteiger partial charge in [-0.2, -0.15) is 0 Å². The van der Waals surface area contributed by atoms with Crippen molar-refractivity contribution in [2.45, 2.75) is 58.2 Å². The summed E-state index contributed by atoms with van der Waals surface area (Å²) in [5.74, 6) is 6.19. The first-order chi connectivity index (χ1) is 14.9. The number of rotatable bonds is 7. The van der Waals surface area contributed by atoms with Crippen molar-refractivity contribution in [3.63, 3.8) is 0 Å². The molecule has 1 atom stereocenters. The van der Waals surface area contributed by atoms with E-state index in [0.29, 0.717) is 13.0 Å². The minimum absolute atomic E-state index is 0.131. The summed E-state index contributed by atoms with van der Waals surface area (Å²) in [6.07, 6.45) is 4.14. The Morgan fingerprint density at radius 3 is 2.06 bits per heavy atom. The van der Waals surface area contributed by atoms with Crippen molar-refractivity contribution in [1.29, 1.82) is 0 Å². The lowest BCUT2D eigenvalue weighted by Gasteiger charge is -2.44. The minimum atomic E-state index is -2.71. The van der Waals surface area contributed by atoms with Crippen LogP contribution < -0.4 is 16.1 Å². The molecule has 0 bridgehead atoms. The van der Waals surface area contributed by atoms with E-state index >= 15 is 0 Å². The van der Waals surface area contributed by atoms with Gasteiger partial charge in [0.15, 0.2) is 0 Å². The Bertz CT molecular complexity index is 1030. The molecule has 0 saturated heterocycles. The highest BCUT2D eigenvalue weighted by molar-refractivity contribution is 6.99. The molecular weight excluding hydrogens is 402 g/mol. The van der Waals surface area contributed by atoms with Gasteiger partial charge in [-0.05, 0) is 15.4 Å². The Balaban J connectivity index is 2.08. The van der Waals surface area contributed by atoms with Crippen molar-refractivity contribution in [3.05, 3.63) is 83.7 Å². The SMILES string of the molecule is CCC#CC(CCn1ccoc1=O)O[Si](c1ccccc1)(c1ccccc1)C(C)(C)C. The van der Waals surface area contributed by atoms with E-state index in [1.165, 1.54) is 16.6 Å². The Labute approximate surface area is 186 Å². The van der Waals surface area contributed by atoms with Gasteiger partial charge < -0.3 is 8.84 Å². The van der Waals surface area contributed by atoms with Crippen LogP contribution in [0.4, 0.5) is 0 Å². The molecular formula is C26H31NO3Si. The topological polar surface area (TPSA) is 44.4 Å². The zero-order valence-corrected chi connectivity index (χ0v) is 19.8. The van der Waals surface area contributed by atoms with Gasteiger partial charge in [0.05, 0.1) is 0 Å². The predicted octanol–water partition coefficient (Wildman–Crippen LogP) is 4.19. The average molecular weight is 434 g/mol. The molecule has 0 aliphatic carbocycles. The molecule has 3 aromatic rings. The third-order valence-electron chi connectivity index (χ3n) is 5.45. The summed E-state index contributed by atoms with van der Waals surface area (Å²) in [5.41, 5.74) is 0. The van der Waals surface area contributed by atoms with E-state index in [0.717, 1.165) is 6.42 Å². The standard InChI is InChI=1S/C26H31NO3Si/c1-5-6-13-22(18-19-27-20-21-29-25(27)28)30-31(26(2,3)4,23-14-9-7-10-15-23)24-16-11-8-12-17-24/h7-12,14-17,20-22H,5,18-19H2,1-4H3. The Hall–Kier alpha value is -2.81. The summed E-state index contributed by atoms with van der Waals surface area (Å²) >= 11 is 0. The molecule has 0 aliphatic heterocycles. The number of hydrogen-bond donors (Lipinski definition) is 0. The highest BCUT2D eigenvalue weighted by atomic mass is 28.4. The van der Waals surface area contributed by atoms with Gasteiger partial charge in [0, 0.05) is 25.6 Å². The molecule has 1 heterocycles. The van der Waals surface area contributed by atoms with Gasteiger partial charge in [0.2, 0.25) is 0 Å². The van der Waals surface area contributed by atoms with Crippen molar-refractivity contribution >= 4 is 18.7 Å². The van der Waals surface area contributed by atoms with Crippen molar-refractivity contribution in [3.8, 4) is 11.8 Å². The fourth-order valence-electron chi connectivity index (χ4n) is 3.99. The third-order valence-corrected chi connectivity index (χ3v) is 10.5. The van der Waals surface area contributed by atoms with Crippen molar-refractivity contribution in [2.24, 2.45) is 0 Å². The van der Waals surface area contributed by atoms with Gasteiger partial charge in [-0.15, -0.1) is 5.92 Å². The Morgan fingerprint density at radius 1 is 1.03 bits per heavy atom. The van der Waals surface area contributed by atoms with Crippen molar-refractivity contribution in [1.82, 2.24) is 4.57 Å². The largest absolute Gasteiger partial charge is 0.418 e. The second-order valence-electron chi connectivity index (χ2n) is 8.60. The van der Waals surface area contributed by atoms with E-state index in [2.05, 4.69) is 81.1 Å². The van der Waals surface area contributed by atoms with Crippen LogP contribution in [-0.2, 0) is 11.0 Å². The molecule has 0 spiro atoms. The van der Waals surface area contributed by atoms with Gasteiger partial charge in [0.25, 0.3) is 8.32 Å². The molecule has 0 aliphatic rings. The first-order valence-corrected chi connectivity index (χ1v) is 12.7. The van der Waals surface area contributed by atoms with Crippen LogP contribution >= 0.6 is 0 Å². The molecule has 0 fully saturated rings. The third kappa shape index (κ3) is 5.09. The fourth-order valence-corrected chi connectivity index (χ4v) is 8.61. The molecule has 2 aromatic carbocycles. The number of aromatic nitrogens is 1. The van der Waals surface area contributed by atoms with Gasteiger partial charge in [-0.1, -0.05) is 94.3 Å². The van der Waals surface area contributed by atoms with Crippen LogP contribution in [0.25, 0.3) is 0 Å². The highest BCUT2D eigenvalue weighted by Crippen LogP contribution is 2.37. The molecule has 162 valence electrons. The van der Waals surface area contributed by atoms with Crippen LogP contribution in [0.3, 0.4) is 0 Å². The maximum Gasteiger partial charge on any atom is 0.418 e. The summed E-state index contributed by atoms with van der Waals surface area (Å²) in [4.78, 5) is 11.9. The van der Waals surface area contributed by atoms with Gasteiger partial charge in [-0.3, -0.25) is 4.57 Å². The van der Waals surface area contributed by atoms with Gasteiger partial charge in [-0.25, -0.2) is 4.79 Å². The van der Waals surface area contributed by atoms with Gasteiger partial charge >= 0.3 is 5.76 Å². The fraction of sp³-hybridized carbons (Fsp3) is 0.346. The van der Waals surface area contributed by atoms with E-state index in [1.807, 2.05) is 19.1 Å². The first kappa shape index (κ1) is 22.9. The number of nitrogens with zero attached hydrogens (tertiary/aromatic N) is 1. The summed E-state index contributed by atoms with van der Waals surface area (Å²) in [6.45, 7) is 9.29. The normalized spacial score (nSPS) is 12.8. The lowest BCUT2D eigenvalue weighted by atomic mass is 10.2. The quantitative estimate of drug-likeness (QED) is 0.415. The lowest BCUT2D eigenvalue weighted by molar-refractivity contribution is 0.223. The van der Waals surface area contributed by atoms with Crippen molar-refractivity contribution < 1.29 is 8.84 Å². The van der Waals surface area contributed by atoms with E-state index in [1.54, 1.807) is 10.8 Å². The van der Waals surface area contributed by atoms with E-state index in [9.17, 15) is 4.79 Å². The van der Waals surface area contributed by atoms with Crippen LogP contribution in [0.2, 0.25) is 5.04 Å². The maximum atomic E-state index is 11.9. The number of benzene rings is 2. The summed E-state index contributed by atoms with van der Waals surface area (Å²) < 4.78 is 13.6. The molecule has 31 heavy (non-hydrogen) atoms. The number of hydrogen-bond acceptors (Lipinski definition) is 3. The van der Waals surface area contributed by atoms with Crippen LogP contribution in [0.1, 0.15) is 40.5 Å². The van der Waals surface area contributed by atoms with E-state index in [4.69, 9.17) is 8.84 Å². The zero-order valence-electron chi connectivity index (χ0n) is 18.8. The molecule has 1 aromatic heterocycles. The Morgan fingerprint density at radius 2 is 1.61 bits per heavy atom. The summed E-state index contributed by atoms with van der Waals surface area (Å²) in [7, 11) is -2.71. The second-order valence-corrected chi connectivity index (χ2v) is 12.8.